The minimum atomic E-state index is -0.279. The van der Waals surface area contributed by atoms with Crippen molar-refractivity contribution in [2.24, 2.45) is 0 Å². The third kappa shape index (κ3) is 4.81. The molecule has 0 bridgehead atoms. The van der Waals surface area contributed by atoms with Crippen LogP contribution in [0, 0.1) is 13.8 Å². The number of nitrogens with zero attached hydrogens (tertiary/aromatic N) is 1. The summed E-state index contributed by atoms with van der Waals surface area (Å²) in [7, 11) is 1.54. The molecule has 0 atom stereocenters. The quantitative estimate of drug-likeness (QED) is 0.520. The summed E-state index contributed by atoms with van der Waals surface area (Å²) >= 11 is 7.63. The molecule has 158 valence electrons. The molecule has 1 N–H and O–H groups in total. The lowest BCUT2D eigenvalue weighted by Crippen LogP contribution is -2.12. The van der Waals surface area contributed by atoms with Crippen molar-refractivity contribution in [2.75, 3.05) is 12.4 Å². The maximum atomic E-state index is 12.8. The van der Waals surface area contributed by atoms with E-state index in [4.69, 9.17) is 21.1 Å². The van der Waals surface area contributed by atoms with Gasteiger partial charge in [0, 0.05) is 39.7 Å². The number of hydrogen-bond acceptors (Lipinski definition) is 5. The second-order valence-electron chi connectivity index (χ2n) is 7.23. The maximum Gasteiger partial charge on any atom is 0.257 e. The molecule has 7 heteroatoms. The highest BCUT2D eigenvalue weighted by Gasteiger charge is 2.17. The van der Waals surface area contributed by atoms with Gasteiger partial charge in [-0.2, -0.15) is 0 Å². The highest BCUT2D eigenvalue weighted by atomic mass is 35.5. The van der Waals surface area contributed by atoms with E-state index >= 15 is 0 Å². The molecule has 3 aromatic rings. The van der Waals surface area contributed by atoms with E-state index in [2.05, 4.69) is 42.3 Å². The molecule has 31 heavy (non-hydrogen) atoms. The van der Waals surface area contributed by atoms with Gasteiger partial charge in [0.25, 0.3) is 5.91 Å². The molecule has 1 amide bonds. The number of anilines is 1. The van der Waals surface area contributed by atoms with Crippen LogP contribution in [0.25, 0.3) is 6.08 Å². The minimum absolute atomic E-state index is 0.279. The first-order valence-electron chi connectivity index (χ1n) is 9.67. The Labute approximate surface area is 190 Å². The molecular formula is C24H21ClN2O3S. The molecule has 0 saturated heterocycles. The number of rotatable bonds is 5. The van der Waals surface area contributed by atoms with Gasteiger partial charge in [0.1, 0.15) is 0 Å². The van der Waals surface area contributed by atoms with Crippen LogP contribution in [0.2, 0.25) is 5.02 Å². The van der Waals surface area contributed by atoms with E-state index in [1.54, 1.807) is 37.6 Å². The predicted octanol–water partition coefficient (Wildman–Crippen LogP) is 5.94. The van der Waals surface area contributed by atoms with E-state index in [0.29, 0.717) is 32.8 Å². The Morgan fingerprint density at radius 3 is 2.84 bits per heavy atom. The van der Waals surface area contributed by atoms with Crippen LogP contribution in [0.1, 0.15) is 27.1 Å². The lowest BCUT2D eigenvalue weighted by molar-refractivity contribution is -0.112. The standard InChI is InChI=1S/C24H21ClN2O3S/c1-14-4-5-16(8-15(14)2)9-20-13-26-24(31-20)27-23(28)17-6-7-30-22-18(10-17)11-19(25)12-21(22)29-3/h4-8,10-13H,9H2,1-3H3,(H,26,27,28). The molecule has 0 saturated carbocycles. The second-order valence-corrected chi connectivity index (χ2v) is 8.78. The molecule has 2 heterocycles. The number of aryl methyl sites for hydroxylation is 2. The molecule has 0 radical (unpaired) electrons. The van der Waals surface area contributed by atoms with Gasteiger partial charge in [-0.1, -0.05) is 29.8 Å². The minimum Gasteiger partial charge on any atom is -0.493 e. The molecule has 0 spiro atoms. The van der Waals surface area contributed by atoms with Crippen molar-refractivity contribution in [3.8, 4) is 11.5 Å². The second kappa shape index (κ2) is 8.96. The first-order chi connectivity index (χ1) is 14.9. The van der Waals surface area contributed by atoms with Gasteiger partial charge in [0.15, 0.2) is 16.6 Å². The monoisotopic (exact) mass is 452 g/mol. The topological polar surface area (TPSA) is 60.5 Å². The number of ether oxygens (including phenoxy) is 2. The molecule has 1 aromatic heterocycles. The highest BCUT2D eigenvalue weighted by molar-refractivity contribution is 7.15. The van der Waals surface area contributed by atoms with E-state index in [1.165, 1.54) is 34.3 Å². The van der Waals surface area contributed by atoms with Gasteiger partial charge in [-0.3, -0.25) is 10.1 Å². The van der Waals surface area contributed by atoms with Gasteiger partial charge in [0.2, 0.25) is 0 Å². The van der Waals surface area contributed by atoms with E-state index in [1.807, 2.05) is 0 Å². The number of fused-ring (bicyclic) bond motifs is 1. The van der Waals surface area contributed by atoms with Crippen molar-refractivity contribution >= 4 is 40.1 Å². The maximum absolute atomic E-state index is 12.8. The number of benzene rings is 2. The van der Waals surface area contributed by atoms with Crippen LogP contribution in [-0.2, 0) is 11.2 Å². The van der Waals surface area contributed by atoms with E-state index in [0.717, 1.165) is 11.3 Å². The largest absolute Gasteiger partial charge is 0.493 e. The Morgan fingerprint density at radius 2 is 2.06 bits per heavy atom. The van der Waals surface area contributed by atoms with Crippen molar-refractivity contribution in [3.63, 3.8) is 0 Å². The molecule has 5 nitrogen and oxygen atoms in total. The first kappa shape index (κ1) is 21.2. The van der Waals surface area contributed by atoms with Crippen molar-refractivity contribution in [1.82, 2.24) is 4.98 Å². The lowest BCUT2D eigenvalue weighted by Gasteiger charge is -2.10. The van der Waals surface area contributed by atoms with Gasteiger partial charge >= 0.3 is 0 Å². The summed E-state index contributed by atoms with van der Waals surface area (Å²) in [4.78, 5) is 18.3. The van der Waals surface area contributed by atoms with E-state index < -0.39 is 0 Å². The third-order valence-corrected chi connectivity index (χ3v) is 6.13. The summed E-state index contributed by atoms with van der Waals surface area (Å²) in [5.41, 5.74) is 4.85. The van der Waals surface area contributed by atoms with Crippen LogP contribution >= 0.6 is 22.9 Å². The average molecular weight is 453 g/mol. The van der Waals surface area contributed by atoms with Crippen molar-refractivity contribution in [2.45, 2.75) is 20.3 Å². The van der Waals surface area contributed by atoms with Crippen LogP contribution in [0.4, 0.5) is 5.13 Å². The Balaban J connectivity index is 1.51. The van der Waals surface area contributed by atoms with Gasteiger partial charge in [-0.05, 0) is 48.8 Å². The summed E-state index contributed by atoms with van der Waals surface area (Å²) < 4.78 is 11.0. The average Bonchev–Trinajstić information content (AvgIpc) is 3.05. The fraction of sp³-hybridized carbons (Fsp3) is 0.167. The number of methoxy groups -OCH3 is 1. The Morgan fingerprint density at radius 1 is 1.23 bits per heavy atom. The number of halogens is 1. The molecule has 4 rings (SSSR count). The predicted molar refractivity (Wildman–Crippen MR) is 125 cm³/mol. The summed E-state index contributed by atoms with van der Waals surface area (Å²) in [5, 5.41) is 3.91. The normalized spacial score (nSPS) is 12.5. The summed E-state index contributed by atoms with van der Waals surface area (Å²) in [6, 6.07) is 9.83. The summed E-state index contributed by atoms with van der Waals surface area (Å²) in [6.45, 7) is 4.21. The van der Waals surface area contributed by atoms with Crippen LogP contribution < -0.4 is 14.8 Å². The van der Waals surface area contributed by atoms with Crippen LogP contribution in [0.5, 0.6) is 11.5 Å². The number of carbonyl (C=O) groups is 1. The van der Waals surface area contributed by atoms with Gasteiger partial charge in [-0.25, -0.2) is 4.98 Å². The van der Waals surface area contributed by atoms with E-state index in [9.17, 15) is 4.79 Å². The SMILES string of the molecule is COc1cc(Cl)cc2c1OC=CC(C(=O)Nc1ncc(Cc3ccc(C)c(C)c3)s1)=C2. The Hall–Kier alpha value is -3.09. The Bertz CT molecular complexity index is 1210. The van der Waals surface area contributed by atoms with Crippen molar-refractivity contribution in [1.29, 1.82) is 0 Å². The third-order valence-electron chi connectivity index (χ3n) is 5.00. The van der Waals surface area contributed by atoms with Gasteiger partial charge in [-0.15, -0.1) is 11.3 Å². The lowest BCUT2D eigenvalue weighted by atomic mass is 10.0. The number of aromatic nitrogens is 1. The molecule has 0 unspecified atom stereocenters. The fourth-order valence-electron chi connectivity index (χ4n) is 3.24. The molecule has 0 aliphatic carbocycles. The van der Waals surface area contributed by atoms with Crippen molar-refractivity contribution in [3.05, 3.63) is 86.6 Å². The Kier molecular flexibility index (Phi) is 6.11. The molecular weight excluding hydrogens is 432 g/mol. The number of thiazole rings is 1. The number of carbonyl (C=O) groups excluding carboxylic acids is 1. The zero-order valence-corrected chi connectivity index (χ0v) is 18.9. The fourth-order valence-corrected chi connectivity index (χ4v) is 4.30. The molecule has 1 aliphatic rings. The summed E-state index contributed by atoms with van der Waals surface area (Å²) in [6.07, 6.45) is 7.35. The zero-order valence-electron chi connectivity index (χ0n) is 17.4. The highest BCUT2D eigenvalue weighted by Crippen LogP contribution is 2.37. The number of amides is 1. The first-order valence-corrected chi connectivity index (χ1v) is 10.9. The zero-order chi connectivity index (χ0) is 22.0. The molecule has 0 fully saturated rings. The summed E-state index contributed by atoms with van der Waals surface area (Å²) in [5.74, 6) is 0.732. The van der Waals surface area contributed by atoms with Gasteiger partial charge in [0.05, 0.1) is 13.4 Å². The van der Waals surface area contributed by atoms with Crippen molar-refractivity contribution < 1.29 is 14.3 Å². The van der Waals surface area contributed by atoms with Gasteiger partial charge < -0.3 is 9.47 Å². The van der Waals surface area contributed by atoms with Crippen LogP contribution in [-0.4, -0.2) is 18.0 Å². The molecule has 2 aromatic carbocycles. The number of nitrogens with one attached hydrogen (secondary N) is 1. The van der Waals surface area contributed by atoms with E-state index in [-0.39, 0.29) is 5.91 Å². The molecule has 1 aliphatic heterocycles. The van der Waals surface area contributed by atoms with Crippen LogP contribution in [0.3, 0.4) is 0 Å². The number of hydrogen-bond donors (Lipinski definition) is 1. The smallest absolute Gasteiger partial charge is 0.257 e. The van der Waals surface area contributed by atoms with Crippen LogP contribution in [0.15, 0.2) is 54.4 Å².